The van der Waals surface area contributed by atoms with Gasteiger partial charge in [-0.1, -0.05) is 47.0 Å². The normalized spacial score (nSPS) is 12.9. The average Bonchev–Trinajstić information content (AvgIpc) is 2.79. The first kappa shape index (κ1) is 17.9. The highest BCUT2D eigenvalue weighted by Crippen LogP contribution is 2.37. The number of rotatable bonds is 8. The van der Waals surface area contributed by atoms with E-state index in [9.17, 15) is 0 Å². The summed E-state index contributed by atoms with van der Waals surface area (Å²) in [5.74, 6) is 0. The van der Waals surface area contributed by atoms with Gasteiger partial charge in [0.15, 0.2) is 8.32 Å². The summed E-state index contributed by atoms with van der Waals surface area (Å²) in [5, 5.41) is 2.61. The Hall–Kier alpha value is -0.123. The number of thiophene rings is 1. The lowest BCUT2D eigenvalue weighted by Crippen LogP contribution is -2.40. The molecule has 0 N–H and O–H groups in total. The third kappa shape index (κ3) is 5.70. The molecule has 0 bridgehead atoms. The van der Waals surface area contributed by atoms with E-state index in [1.807, 2.05) is 11.3 Å². The molecule has 0 aliphatic carbocycles. The van der Waals surface area contributed by atoms with E-state index in [-0.39, 0.29) is 0 Å². The van der Waals surface area contributed by atoms with Crippen LogP contribution in [0.25, 0.3) is 0 Å². The second kappa shape index (κ2) is 7.76. The lowest BCUT2D eigenvalue weighted by Gasteiger charge is -2.36. The van der Waals surface area contributed by atoms with E-state index in [1.54, 1.807) is 0 Å². The Bertz CT molecular complexity index is 390. The van der Waals surface area contributed by atoms with Crippen molar-refractivity contribution < 1.29 is 4.43 Å². The number of unbranched alkanes of at least 4 members (excludes halogenated alkanes) is 3. The van der Waals surface area contributed by atoms with Gasteiger partial charge >= 0.3 is 0 Å². The molecule has 0 aliphatic heterocycles. The smallest absolute Gasteiger partial charge is 0.192 e. The van der Waals surface area contributed by atoms with Crippen molar-refractivity contribution in [2.45, 2.75) is 84.5 Å². The Morgan fingerprint density at radius 1 is 1.15 bits per heavy atom. The third-order valence-corrected chi connectivity index (χ3v) is 9.85. The summed E-state index contributed by atoms with van der Waals surface area (Å²) < 4.78 is 6.29. The van der Waals surface area contributed by atoms with Crippen LogP contribution in [0.1, 0.15) is 63.8 Å². The molecule has 0 amide bonds. The third-order valence-electron chi connectivity index (χ3n) is 4.41. The number of hydrogen-bond donors (Lipinski definition) is 0. The molecule has 1 nitrogen and oxygen atoms in total. The summed E-state index contributed by atoms with van der Waals surface area (Å²) in [6, 6.07) is 2.35. The van der Waals surface area contributed by atoms with Gasteiger partial charge in [0.1, 0.15) is 0 Å². The van der Waals surface area contributed by atoms with E-state index >= 15 is 0 Å². The fourth-order valence-electron chi connectivity index (χ4n) is 1.86. The highest BCUT2D eigenvalue weighted by molar-refractivity contribution is 7.10. The SMILES string of the molecule is CCCCCCc1csc(CO[Si](C)(C)C(C)(C)C)c1. The van der Waals surface area contributed by atoms with E-state index < -0.39 is 8.32 Å². The van der Waals surface area contributed by atoms with Crippen molar-refractivity contribution in [3.8, 4) is 0 Å². The predicted octanol–water partition coefficient (Wildman–Crippen LogP) is 6.39. The number of aryl methyl sites for hydroxylation is 1. The number of hydrogen-bond acceptors (Lipinski definition) is 2. The van der Waals surface area contributed by atoms with Gasteiger partial charge in [-0.05, 0) is 48.0 Å². The molecule has 3 heteroatoms. The fourth-order valence-corrected chi connectivity index (χ4v) is 3.75. The summed E-state index contributed by atoms with van der Waals surface area (Å²) in [6.07, 6.45) is 6.60. The molecule has 0 unspecified atom stereocenters. The topological polar surface area (TPSA) is 9.23 Å². The van der Waals surface area contributed by atoms with Gasteiger partial charge in [-0.2, -0.15) is 0 Å². The Morgan fingerprint density at radius 3 is 2.45 bits per heavy atom. The molecular weight excluding hydrogens is 280 g/mol. The van der Waals surface area contributed by atoms with E-state index in [0.717, 1.165) is 6.61 Å². The van der Waals surface area contributed by atoms with Crippen LogP contribution >= 0.6 is 11.3 Å². The molecule has 116 valence electrons. The maximum atomic E-state index is 6.29. The molecule has 0 atom stereocenters. The zero-order valence-electron chi connectivity index (χ0n) is 14.2. The summed E-state index contributed by atoms with van der Waals surface area (Å²) in [5.41, 5.74) is 1.50. The lowest BCUT2D eigenvalue weighted by molar-refractivity contribution is 0.279. The van der Waals surface area contributed by atoms with Crippen LogP contribution in [0.2, 0.25) is 18.1 Å². The molecule has 0 aromatic carbocycles. The molecule has 1 aromatic heterocycles. The summed E-state index contributed by atoms with van der Waals surface area (Å²) >= 11 is 1.86. The summed E-state index contributed by atoms with van der Waals surface area (Å²) in [6.45, 7) is 14.6. The minimum Gasteiger partial charge on any atom is -0.412 e. The van der Waals surface area contributed by atoms with Crippen molar-refractivity contribution in [1.82, 2.24) is 0 Å². The molecule has 20 heavy (non-hydrogen) atoms. The Kier molecular flexibility index (Phi) is 6.96. The van der Waals surface area contributed by atoms with Crippen molar-refractivity contribution in [2.24, 2.45) is 0 Å². The molecule has 0 fully saturated rings. The van der Waals surface area contributed by atoms with E-state index in [4.69, 9.17) is 4.43 Å². The van der Waals surface area contributed by atoms with E-state index in [2.05, 4.69) is 52.2 Å². The zero-order valence-corrected chi connectivity index (χ0v) is 16.0. The van der Waals surface area contributed by atoms with Gasteiger partial charge in [0.05, 0.1) is 6.61 Å². The molecule has 0 spiro atoms. The lowest BCUT2D eigenvalue weighted by atomic mass is 10.1. The maximum Gasteiger partial charge on any atom is 0.192 e. The van der Waals surface area contributed by atoms with Gasteiger partial charge in [-0.25, -0.2) is 0 Å². The summed E-state index contributed by atoms with van der Waals surface area (Å²) in [7, 11) is -1.61. The zero-order chi connectivity index (χ0) is 15.2. The molecule has 0 saturated carbocycles. The molecule has 0 radical (unpaired) electrons. The standard InChI is InChI=1S/C17H32OSSi/c1-7-8-9-10-11-15-12-16(19-14-15)13-18-20(5,6)17(2,3)4/h12,14H,7-11,13H2,1-6H3. The van der Waals surface area contributed by atoms with Crippen LogP contribution in [0.4, 0.5) is 0 Å². The van der Waals surface area contributed by atoms with Crippen LogP contribution in [-0.4, -0.2) is 8.32 Å². The first-order valence-electron chi connectivity index (χ1n) is 7.96. The van der Waals surface area contributed by atoms with Crippen LogP contribution in [0.5, 0.6) is 0 Å². The van der Waals surface area contributed by atoms with Crippen molar-refractivity contribution in [3.05, 3.63) is 21.9 Å². The van der Waals surface area contributed by atoms with Crippen molar-refractivity contribution in [1.29, 1.82) is 0 Å². The highest BCUT2D eigenvalue weighted by atomic mass is 32.1. The Morgan fingerprint density at radius 2 is 1.85 bits per heavy atom. The van der Waals surface area contributed by atoms with Gasteiger partial charge in [-0.15, -0.1) is 11.3 Å². The summed E-state index contributed by atoms with van der Waals surface area (Å²) in [4.78, 5) is 1.39. The van der Waals surface area contributed by atoms with Crippen LogP contribution < -0.4 is 0 Å². The minimum absolute atomic E-state index is 0.299. The quantitative estimate of drug-likeness (QED) is 0.399. The monoisotopic (exact) mass is 312 g/mol. The van der Waals surface area contributed by atoms with Gasteiger partial charge in [0, 0.05) is 4.88 Å². The predicted molar refractivity (Wildman–Crippen MR) is 94.2 cm³/mol. The molecular formula is C17H32OSSi. The van der Waals surface area contributed by atoms with Crippen LogP contribution in [0.15, 0.2) is 11.4 Å². The van der Waals surface area contributed by atoms with E-state index in [1.165, 1.54) is 42.5 Å². The molecule has 0 saturated heterocycles. The van der Waals surface area contributed by atoms with Gasteiger partial charge < -0.3 is 4.43 Å². The van der Waals surface area contributed by atoms with Crippen LogP contribution in [0, 0.1) is 0 Å². The molecule has 0 aliphatic rings. The second-order valence-corrected chi connectivity index (χ2v) is 13.1. The van der Waals surface area contributed by atoms with Gasteiger partial charge in [0.25, 0.3) is 0 Å². The van der Waals surface area contributed by atoms with Crippen molar-refractivity contribution in [3.63, 3.8) is 0 Å². The molecule has 1 heterocycles. The fraction of sp³-hybridized carbons (Fsp3) is 0.765. The molecule has 1 aromatic rings. The Balaban J connectivity index is 2.41. The second-order valence-electron chi connectivity index (χ2n) is 7.28. The van der Waals surface area contributed by atoms with Gasteiger partial charge in [-0.3, -0.25) is 0 Å². The Labute approximate surface area is 130 Å². The van der Waals surface area contributed by atoms with Gasteiger partial charge in [0.2, 0.25) is 0 Å². The van der Waals surface area contributed by atoms with Crippen LogP contribution in [-0.2, 0) is 17.5 Å². The maximum absolute atomic E-state index is 6.29. The van der Waals surface area contributed by atoms with Crippen molar-refractivity contribution >= 4 is 19.7 Å². The first-order valence-corrected chi connectivity index (χ1v) is 11.8. The molecule has 1 rings (SSSR count). The highest BCUT2D eigenvalue weighted by Gasteiger charge is 2.37. The minimum atomic E-state index is -1.61. The first-order chi connectivity index (χ1) is 9.26. The van der Waals surface area contributed by atoms with E-state index in [0.29, 0.717) is 5.04 Å². The van der Waals surface area contributed by atoms with Crippen LogP contribution in [0.3, 0.4) is 0 Å². The average molecular weight is 313 g/mol. The largest absolute Gasteiger partial charge is 0.412 e. The van der Waals surface area contributed by atoms with Crippen molar-refractivity contribution in [2.75, 3.05) is 0 Å².